The van der Waals surface area contributed by atoms with E-state index in [2.05, 4.69) is 0 Å². The van der Waals surface area contributed by atoms with Gasteiger partial charge in [-0.05, 0) is 23.8 Å². The van der Waals surface area contributed by atoms with Crippen molar-refractivity contribution in [2.45, 2.75) is 12.7 Å². The SMILES string of the molecule is Cl.NCc1cc(C(F)(F)F)ccc1Cl. The molecule has 0 bridgehead atoms. The summed E-state index contributed by atoms with van der Waals surface area (Å²) in [6.07, 6.45) is -4.34. The van der Waals surface area contributed by atoms with Crippen molar-refractivity contribution in [1.82, 2.24) is 0 Å². The molecule has 0 unspecified atom stereocenters. The minimum atomic E-state index is -4.34. The van der Waals surface area contributed by atoms with Crippen molar-refractivity contribution in [1.29, 1.82) is 0 Å². The lowest BCUT2D eigenvalue weighted by atomic mass is 10.1. The van der Waals surface area contributed by atoms with Gasteiger partial charge in [-0.3, -0.25) is 0 Å². The van der Waals surface area contributed by atoms with Gasteiger partial charge in [0, 0.05) is 11.6 Å². The highest BCUT2D eigenvalue weighted by atomic mass is 35.5. The lowest BCUT2D eigenvalue weighted by Gasteiger charge is -2.08. The highest BCUT2D eigenvalue weighted by Gasteiger charge is 2.30. The van der Waals surface area contributed by atoms with Gasteiger partial charge in [0.2, 0.25) is 0 Å². The molecule has 1 nitrogen and oxygen atoms in total. The number of halogens is 5. The molecule has 0 radical (unpaired) electrons. The molecule has 0 saturated heterocycles. The van der Waals surface area contributed by atoms with Gasteiger partial charge >= 0.3 is 6.18 Å². The summed E-state index contributed by atoms with van der Waals surface area (Å²) >= 11 is 5.60. The Morgan fingerprint density at radius 3 is 2.29 bits per heavy atom. The molecule has 80 valence electrons. The van der Waals surface area contributed by atoms with E-state index >= 15 is 0 Å². The van der Waals surface area contributed by atoms with E-state index in [0.717, 1.165) is 12.1 Å². The zero-order chi connectivity index (χ0) is 10.1. The van der Waals surface area contributed by atoms with E-state index in [4.69, 9.17) is 17.3 Å². The van der Waals surface area contributed by atoms with E-state index in [1.807, 2.05) is 0 Å². The standard InChI is InChI=1S/C8H7ClF3N.ClH/c9-7-2-1-6(8(10,11)12)3-5(7)4-13;/h1-3H,4,13H2;1H. The highest BCUT2D eigenvalue weighted by molar-refractivity contribution is 6.31. The van der Waals surface area contributed by atoms with E-state index in [9.17, 15) is 13.2 Å². The summed E-state index contributed by atoms with van der Waals surface area (Å²) < 4.78 is 36.5. The largest absolute Gasteiger partial charge is 0.416 e. The van der Waals surface area contributed by atoms with E-state index in [1.165, 1.54) is 6.07 Å². The van der Waals surface area contributed by atoms with Crippen LogP contribution in [0.25, 0.3) is 0 Å². The first-order valence-electron chi connectivity index (χ1n) is 3.51. The van der Waals surface area contributed by atoms with E-state index in [-0.39, 0.29) is 24.0 Å². The summed E-state index contributed by atoms with van der Waals surface area (Å²) in [5.74, 6) is 0. The molecule has 0 spiro atoms. The molecule has 1 aromatic rings. The van der Waals surface area contributed by atoms with Crippen LogP contribution in [0, 0.1) is 0 Å². The fourth-order valence-electron chi connectivity index (χ4n) is 0.907. The van der Waals surface area contributed by atoms with Crippen molar-refractivity contribution in [3.63, 3.8) is 0 Å². The third-order valence-electron chi connectivity index (χ3n) is 1.59. The second-order valence-corrected chi connectivity index (χ2v) is 2.92. The van der Waals surface area contributed by atoms with Crippen molar-refractivity contribution < 1.29 is 13.2 Å². The molecular weight excluding hydrogens is 238 g/mol. The predicted octanol–water partition coefficient (Wildman–Crippen LogP) is 3.24. The Bertz CT molecular complexity index is 312. The Morgan fingerprint density at radius 1 is 1.29 bits per heavy atom. The molecule has 0 heterocycles. The monoisotopic (exact) mass is 245 g/mol. The minimum Gasteiger partial charge on any atom is -0.326 e. The molecule has 0 aliphatic heterocycles. The number of rotatable bonds is 1. The maximum Gasteiger partial charge on any atom is 0.416 e. The molecule has 0 fully saturated rings. The van der Waals surface area contributed by atoms with Crippen LogP contribution in [0.3, 0.4) is 0 Å². The van der Waals surface area contributed by atoms with Crippen LogP contribution in [-0.4, -0.2) is 0 Å². The van der Waals surface area contributed by atoms with Crippen molar-refractivity contribution in [2.75, 3.05) is 0 Å². The molecule has 6 heteroatoms. The molecule has 1 rings (SSSR count). The van der Waals surface area contributed by atoms with Crippen molar-refractivity contribution in [2.24, 2.45) is 5.73 Å². The number of benzene rings is 1. The van der Waals surface area contributed by atoms with Crippen molar-refractivity contribution >= 4 is 24.0 Å². The van der Waals surface area contributed by atoms with E-state index < -0.39 is 11.7 Å². The maximum atomic E-state index is 12.2. The van der Waals surface area contributed by atoms with Crippen molar-refractivity contribution in [3.05, 3.63) is 34.3 Å². The van der Waals surface area contributed by atoms with Gasteiger partial charge < -0.3 is 5.73 Å². The minimum absolute atomic E-state index is 0. The molecule has 2 N–H and O–H groups in total. The second kappa shape index (κ2) is 4.87. The first-order chi connectivity index (χ1) is 5.95. The Labute approximate surface area is 90.5 Å². The van der Waals surface area contributed by atoms with Gasteiger partial charge in [0.15, 0.2) is 0 Å². The van der Waals surface area contributed by atoms with Crippen LogP contribution < -0.4 is 5.73 Å². The molecular formula is C8H8Cl2F3N. The summed E-state index contributed by atoms with van der Waals surface area (Å²) in [7, 11) is 0. The van der Waals surface area contributed by atoms with Gasteiger partial charge in [0.25, 0.3) is 0 Å². The topological polar surface area (TPSA) is 26.0 Å². The molecule has 0 aromatic heterocycles. The van der Waals surface area contributed by atoms with Gasteiger partial charge in [-0.25, -0.2) is 0 Å². The fraction of sp³-hybridized carbons (Fsp3) is 0.250. The molecule has 0 aliphatic rings. The Balaban J connectivity index is 0.00000169. The summed E-state index contributed by atoms with van der Waals surface area (Å²) in [5.41, 5.74) is 4.79. The molecule has 0 amide bonds. The Hall–Kier alpha value is -0.450. The summed E-state index contributed by atoms with van der Waals surface area (Å²) in [5, 5.41) is 0.260. The number of hydrogen-bond donors (Lipinski definition) is 1. The predicted molar refractivity (Wildman–Crippen MR) is 51.6 cm³/mol. The zero-order valence-electron chi connectivity index (χ0n) is 6.94. The average Bonchev–Trinajstić information content (AvgIpc) is 2.03. The van der Waals surface area contributed by atoms with Gasteiger partial charge in [-0.1, -0.05) is 11.6 Å². The van der Waals surface area contributed by atoms with Gasteiger partial charge in [0.1, 0.15) is 0 Å². The first-order valence-corrected chi connectivity index (χ1v) is 3.88. The van der Waals surface area contributed by atoms with E-state index in [1.54, 1.807) is 0 Å². The Kier molecular flexibility index (Phi) is 4.71. The number of hydrogen-bond acceptors (Lipinski definition) is 1. The second-order valence-electron chi connectivity index (χ2n) is 2.51. The van der Waals surface area contributed by atoms with Crippen LogP contribution in [0.15, 0.2) is 18.2 Å². The number of nitrogens with two attached hydrogens (primary N) is 1. The molecule has 14 heavy (non-hydrogen) atoms. The lowest BCUT2D eigenvalue weighted by molar-refractivity contribution is -0.137. The van der Waals surface area contributed by atoms with Crippen LogP contribution in [0.5, 0.6) is 0 Å². The Morgan fingerprint density at radius 2 is 1.86 bits per heavy atom. The van der Waals surface area contributed by atoms with Crippen LogP contribution in [0.1, 0.15) is 11.1 Å². The van der Waals surface area contributed by atoms with Gasteiger partial charge in [-0.2, -0.15) is 13.2 Å². The lowest BCUT2D eigenvalue weighted by Crippen LogP contribution is -2.07. The van der Waals surface area contributed by atoms with Crippen LogP contribution in [0.2, 0.25) is 5.02 Å². The van der Waals surface area contributed by atoms with Gasteiger partial charge in [-0.15, -0.1) is 12.4 Å². The van der Waals surface area contributed by atoms with Gasteiger partial charge in [0.05, 0.1) is 5.56 Å². The molecule has 0 saturated carbocycles. The third kappa shape index (κ3) is 3.04. The van der Waals surface area contributed by atoms with Crippen LogP contribution in [0.4, 0.5) is 13.2 Å². The summed E-state index contributed by atoms with van der Waals surface area (Å²) in [4.78, 5) is 0. The van der Waals surface area contributed by atoms with Crippen LogP contribution in [-0.2, 0) is 12.7 Å². The molecule has 0 atom stereocenters. The fourth-order valence-corrected chi connectivity index (χ4v) is 1.10. The zero-order valence-corrected chi connectivity index (χ0v) is 8.51. The van der Waals surface area contributed by atoms with Crippen LogP contribution >= 0.6 is 24.0 Å². The average molecular weight is 246 g/mol. The third-order valence-corrected chi connectivity index (χ3v) is 1.96. The molecule has 1 aromatic carbocycles. The highest BCUT2D eigenvalue weighted by Crippen LogP contribution is 2.31. The van der Waals surface area contributed by atoms with Crippen molar-refractivity contribution in [3.8, 4) is 0 Å². The summed E-state index contributed by atoms with van der Waals surface area (Å²) in [6, 6.07) is 3.09. The smallest absolute Gasteiger partial charge is 0.326 e. The van der Waals surface area contributed by atoms with E-state index in [0.29, 0.717) is 5.56 Å². The number of alkyl halides is 3. The quantitative estimate of drug-likeness (QED) is 0.808. The summed E-state index contributed by atoms with van der Waals surface area (Å²) in [6.45, 7) is 0.00273. The molecule has 0 aliphatic carbocycles. The maximum absolute atomic E-state index is 12.2. The normalized spacial score (nSPS) is 10.9. The first kappa shape index (κ1) is 13.5.